The molecule has 0 unspecified atom stereocenters. The van der Waals surface area contributed by atoms with Crippen molar-refractivity contribution in [2.75, 3.05) is 14.2 Å². The van der Waals surface area contributed by atoms with Crippen LogP contribution in [0.2, 0.25) is 0 Å². The summed E-state index contributed by atoms with van der Waals surface area (Å²) in [5.41, 5.74) is 3.32. The van der Waals surface area contributed by atoms with Gasteiger partial charge in [0.15, 0.2) is 11.5 Å². The second-order valence-corrected chi connectivity index (χ2v) is 7.05. The lowest BCUT2D eigenvalue weighted by Gasteiger charge is -2.20. The second kappa shape index (κ2) is 7.46. The number of benzene rings is 2. The summed E-state index contributed by atoms with van der Waals surface area (Å²) in [5.74, 6) is 1.70. The Balaban J connectivity index is 1.81. The Morgan fingerprint density at radius 1 is 1.00 bits per heavy atom. The van der Waals surface area contributed by atoms with E-state index in [0.29, 0.717) is 17.3 Å². The van der Waals surface area contributed by atoms with E-state index in [1.54, 1.807) is 14.2 Å². The van der Waals surface area contributed by atoms with Gasteiger partial charge in [-0.05, 0) is 49.6 Å². The minimum absolute atomic E-state index is 0.0245. The molecule has 6 nitrogen and oxygen atoms in total. The number of nitrogens with one attached hydrogen (secondary N) is 1. The number of ether oxygens (including phenoxy) is 2. The van der Waals surface area contributed by atoms with Gasteiger partial charge >= 0.3 is 0 Å². The molecule has 1 aliphatic heterocycles. The maximum atomic E-state index is 12.5. The van der Waals surface area contributed by atoms with Crippen LogP contribution in [-0.2, 0) is 4.79 Å². The summed E-state index contributed by atoms with van der Waals surface area (Å²) in [6.45, 7) is 1.96. The molecule has 0 saturated heterocycles. The molecule has 0 radical (unpaired) electrons. The largest absolute Gasteiger partial charge is 0.493 e. The highest BCUT2D eigenvalue weighted by molar-refractivity contribution is 6.17. The van der Waals surface area contributed by atoms with Crippen LogP contribution >= 0.6 is 0 Å². The predicted molar refractivity (Wildman–Crippen MR) is 109 cm³/mol. The maximum Gasteiger partial charge on any atom is 0.228 e. The van der Waals surface area contributed by atoms with Crippen LogP contribution in [0.15, 0.2) is 52.4 Å². The third-order valence-corrected chi connectivity index (χ3v) is 5.05. The third-order valence-electron chi connectivity index (χ3n) is 5.05. The number of aliphatic imine (C=N–C) groups is 2. The zero-order valence-electron chi connectivity index (χ0n) is 16.2. The summed E-state index contributed by atoms with van der Waals surface area (Å²) in [5, 5.41) is 3.06. The van der Waals surface area contributed by atoms with Gasteiger partial charge in [0.1, 0.15) is 5.84 Å². The molecular weight excluding hydrogens is 354 g/mol. The molecule has 6 heteroatoms. The van der Waals surface area contributed by atoms with Crippen molar-refractivity contribution in [3.05, 3.63) is 48.0 Å². The highest BCUT2D eigenvalue weighted by Gasteiger charge is 2.33. The van der Waals surface area contributed by atoms with E-state index in [0.717, 1.165) is 35.5 Å². The average molecular weight is 377 g/mol. The molecule has 1 fully saturated rings. The quantitative estimate of drug-likeness (QED) is 0.870. The summed E-state index contributed by atoms with van der Waals surface area (Å²) in [6.07, 6.45) is 1.87. The van der Waals surface area contributed by atoms with E-state index in [1.165, 1.54) is 0 Å². The number of amidine groups is 1. The molecule has 0 bridgehead atoms. The minimum Gasteiger partial charge on any atom is -0.493 e. The van der Waals surface area contributed by atoms with Crippen LogP contribution in [0.4, 0.5) is 11.4 Å². The van der Waals surface area contributed by atoms with Gasteiger partial charge in [-0.2, -0.15) is 0 Å². The molecule has 2 aromatic rings. The average Bonchev–Trinajstić information content (AvgIpc) is 3.55. The van der Waals surface area contributed by atoms with Gasteiger partial charge in [0, 0.05) is 11.6 Å². The summed E-state index contributed by atoms with van der Waals surface area (Å²) in [7, 11) is 3.21. The number of hydrogen-bond acceptors (Lipinski definition) is 5. The van der Waals surface area contributed by atoms with Crippen molar-refractivity contribution in [2.24, 2.45) is 15.9 Å². The van der Waals surface area contributed by atoms with Crippen LogP contribution in [0.1, 0.15) is 31.2 Å². The lowest BCUT2D eigenvalue weighted by Crippen LogP contribution is -2.38. The lowest BCUT2D eigenvalue weighted by molar-refractivity contribution is -0.120. The molecule has 1 heterocycles. The fourth-order valence-electron chi connectivity index (χ4n) is 3.41. The molecule has 1 saturated carbocycles. The molecular formula is C22H23N3O3. The number of hydrogen-bond donors (Lipinski definition) is 1. The molecule has 1 atom stereocenters. The fourth-order valence-corrected chi connectivity index (χ4v) is 3.41. The van der Waals surface area contributed by atoms with E-state index in [2.05, 4.69) is 5.32 Å². The van der Waals surface area contributed by atoms with Crippen molar-refractivity contribution in [3.63, 3.8) is 0 Å². The molecule has 0 aromatic heterocycles. The molecule has 1 aliphatic carbocycles. The normalized spacial score (nSPS) is 18.3. The zero-order chi connectivity index (χ0) is 19.7. The molecule has 4 rings (SSSR count). The van der Waals surface area contributed by atoms with Gasteiger partial charge in [0.2, 0.25) is 5.91 Å². The number of fused-ring (bicyclic) bond motifs is 1. The number of carbonyl (C=O) groups is 1. The first-order valence-electron chi connectivity index (χ1n) is 9.36. The van der Waals surface area contributed by atoms with E-state index in [9.17, 15) is 4.79 Å². The Hall–Kier alpha value is -3.15. The maximum absolute atomic E-state index is 12.5. The molecule has 0 spiro atoms. The van der Waals surface area contributed by atoms with Gasteiger partial charge in [0.05, 0.1) is 31.5 Å². The standard InChI is InChI=1S/C22H23N3O3/c1-13-20(15-10-11-18(27-2)19(12-15)28-3)21(25-22(26)14-8-9-14)24-17-7-5-4-6-16(17)23-13/h4-7,10-12,14,20H,8-9H2,1-3H3,(H,24,25,26)/t20-/m1/s1. The van der Waals surface area contributed by atoms with E-state index in [4.69, 9.17) is 19.5 Å². The van der Waals surface area contributed by atoms with E-state index < -0.39 is 0 Å². The summed E-state index contributed by atoms with van der Waals surface area (Å²) < 4.78 is 10.8. The molecule has 2 aromatic carbocycles. The van der Waals surface area contributed by atoms with Crippen LogP contribution in [-0.4, -0.2) is 31.7 Å². The number of rotatable bonds is 4. The fraction of sp³-hybridized carbons (Fsp3) is 0.318. The van der Waals surface area contributed by atoms with Crippen molar-refractivity contribution in [2.45, 2.75) is 25.7 Å². The SMILES string of the molecule is COc1ccc([C@H]2C(C)=Nc3ccccc3N=C2NC(=O)C2CC2)cc1OC. The van der Waals surface area contributed by atoms with Gasteiger partial charge in [-0.15, -0.1) is 0 Å². The first-order valence-corrected chi connectivity index (χ1v) is 9.36. The van der Waals surface area contributed by atoms with Crippen LogP contribution in [0.3, 0.4) is 0 Å². The van der Waals surface area contributed by atoms with E-state index in [-0.39, 0.29) is 17.7 Å². The van der Waals surface area contributed by atoms with Gasteiger partial charge in [0.25, 0.3) is 0 Å². The Morgan fingerprint density at radius 2 is 1.68 bits per heavy atom. The van der Waals surface area contributed by atoms with Crippen LogP contribution in [0.25, 0.3) is 0 Å². The smallest absolute Gasteiger partial charge is 0.228 e. The van der Waals surface area contributed by atoms with Crippen LogP contribution < -0.4 is 14.8 Å². The number of nitrogens with zero attached hydrogens (tertiary/aromatic N) is 2. The summed E-state index contributed by atoms with van der Waals surface area (Å²) in [4.78, 5) is 22.1. The molecule has 1 N–H and O–H groups in total. The van der Waals surface area contributed by atoms with E-state index >= 15 is 0 Å². The molecule has 1 amide bonds. The Kier molecular flexibility index (Phi) is 4.86. The minimum atomic E-state index is -0.282. The van der Waals surface area contributed by atoms with Crippen LogP contribution in [0, 0.1) is 5.92 Å². The lowest BCUT2D eigenvalue weighted by atomic mass is 9.92. The number of carbonyl (C=O) groups excluding carboxylic acids is 1. The molecule has 144 valence electrons. The number of amides is 1. The predicted octanol–water partition coefficient (Wildman–Crippen LogP) is 4.15. The zero-order valence-corrected chi connectivity index (χ0v) is 16.2. The highest BCUT2D eigenvalue weighted by Crippen LogP contribution is 2.37. The Morgan fingerprint density at radius 3 is 2.32 bits per heavy atom. The number of methoxy groups -OCH3 is 2. The van der Waals surface area contributed by atoms with Gasteiger partial charge < -0.3 is 14.8 Å². The van der Waals surface area contributed by atoms with E-state index in [1.807, 2.05) is 49.4 Å². The Labute approximate surface area is 164 Å². The summed E-state index contributed by atoms with van der Waals surface area (Å²) in [6, 6.07) is 13.4. The van der Waals surface area contributed by atoms with Crippen molar-refractivity contribution in [3.8, 4) is 11.5 Å². The Bertz CT molecular complexity index is 977. The number of para-hydroxylation sites is 2. The highest BCUT2D eigenvalue weighted by atomic mass is 16.5. The monoisotopic (exact) mass is 377 g/mol. The second-order valence-electron chi connectivity index (χ2n) is 7.05. The first kappa shape index (κ1) is 18.2. The van der Waals surface area contributed by atoms with Crippen molar-refractivity contribution in [1.29, 1.82) is 0 Å². The first-order chi connectivity index (χ1) is 13.6. The topological polar surface area (TPSA) is 72.3 Å². The molecule has 2 aliphatic rings. The summed E-state index contributed by atoms with van der Waals surface area (Å²) >= 11 is 0. The third kappa shape index (κ3) is 3.50. The van der Waals surface area contributed by atoms with Gasteiger partial charge in [-0.25, -0.2) is 4.99 Å². The van der Waals surface area contributed by atoms with Crippen LogP contribution in [0.5, 0.6) is 11.5 Å². The molecule has 28 heavy (non-hydrogen) atoms. The van der Waals surface area contributed by atoms with Crippen molar-refractivity contribution < 1.29 is 14.3 Å². The van der Waals surface area contributed by atoms with Gasteiger partial charge in [-0.3, -0.25) is 9.79 Å². The van der Waals surface area contributed by atoms with Gasteiger partial charge in [-0.1, -0.05) is 18.2 Å². The van der Waals surface area contributed by atoms with Crippen molar-refractivity contribution >= 4 is 28.8 Å². The van der Waals surface area contributed by atoms with Crippen molar-refractivity contribution in [1.82, 2.24) is 5.32 Å².